The van der Waals surface area contributed by atoms with Gasteiger partial charge in [-0.15, -0.1) is 0 Å². The van der Waals surface area contributed by atoms with E-state index in [1.807, 2.05) is 4.90 Å². The predicted molar refractivity (Wildman–Crippen MR) is 47.9 cm³/mol. The van der Waals surface area contributed by atoms with Crippen LogP contribution in [0.4, 0.5) is 0 Å². The first-order valence-corrected chi connectivity index (χ1v) is 4.67. The number of likely N-dealkylation sites (tertiary alicyclic amines) is 1. The van der Waals surface area contributed by atoms with Gasteiger partial charge >= 0.3 is 5.97 Å². The molecule has 0 spiro atoms. The Labute approximate surface area is 82.6 Å². The van der Waals surface area contributed by atoms with Gasteiger partial charge in [0.25, 0.3) is 0 Å². The highest BCUT2D eigenvalue weighted by molar-refractivity contribution is 5.82. The Hall–Kier alpha value is -0.650. The van der Waals surface area contributed by atoms with Gasteiger partial charge in [0, 0.05) is 14.2 Å². The predicted octanol–water partition coefficient (Wildman–Crippen LogP) is -0.0917. The molecular formula is C9H15NO4. The lowest BCUT2D eigenvalue weighted by atomic mass is 10.0. The summed E-state index contributed by atoms with van der Waals surface area (Å²) in [5.74, 6) is -1.30. The van der Waals surface area contributed by atoms with E-state index in [0.717, 1.165) is 12.8 Å². The number of nitrogens with zero attached hydrogens (tertiary/aromatic N) is 1. The lowest BCUT2D eigenvalue weighted by Crippen LogP contribution is -2.68. The summed E-state index contributed by atoms with van der Waals surface area (Å²) in [5, 5.41) is 9.03. The molecule has 2 aliphatic rings. The van der Waals surface area contributed by atoms with Crippen LogP contribution >= 0.6 is 0 Å². The van der Waals surface area contributed by atoms with Crippen molar-refractivity contribution in [3.05, 3.63) is 0 Å². The second-order valence-corrected chi connectivity index (χ2v) is 4.01. The van der Waals surface area contributed by atoms with Crippen LogP contribution in [-0.2, 0) is 14.3 Å². The summed E-state index contributed by atoms with van der Waals surface area (Å²) < 4.78 is 10.4. The maximum Gasteiger partial charge on any atom is 0.324 e. The average Bonchev–Trinajstić information content (AvgIpc) is 2.85. The van der Waals surface area contributed by atoms with Crippen LogP contribution in [0.1, 0.15) is 12.8 Å². The van der Waals surface area contributed by atoms with Crippen LogP contribution in [0.5, 0.6) is 0 Å². The normalized spacial score (nSPS) is 28.1. The molecule has 0 aromatic carbocycles. The molecule has 80 valence electrons. The van der Waals surface area contributed by atoms with E-state index < -0.39 is 17.3 Å². The highest BCUT2D eigenvalue weighted by atomic mass is 16.7. The number of carbonyl (C=O) groups is 1. The van der Waals surface area contributed by atoms with Crippen LogP contribution < -0.4 is 0 Å². The molecule has 0 bridgehead atoms. The Kier molecular flexibility index (Phi) is 2.06. The fourth-order valence-corrected chi connectivity index (χ4v) is 1.96. The summed E-state index contributed by atoms with van der Waals surface area (Å²) in [4.78, 5) is 12.9. The zero-order valence-corrected chi connectivity index (χ0v) is 8.45. The van der Waals surface area contributed by atoms with Gasteiger partial charge in [0.2, 0.25) is 0 Å². The van der Waals surface area contributed by atoms with Crippen LogP contribution in [0.15, 0.2) is 0 Å². The number of carboxylic acid groups (broad SMARTS) is 1. The number of rotatable bonds is 4. The minimum atomic E-state index is -0.724. The molecule has 5 nitrogen and oxygen atoms in total. The lowest BCUT2D eigenvalue weighted by Gasteiger charge is -2.50. The molecule has 1 saturated heterocycles. The molecule has 2 fully saturated rings. The fraction of sp³-hybridized carbons (Fsp3) is 0.889. The molecule has 1 heterocycles. The summed E-state index contributed by atoms with van der Waals surface area (Å²) in [6, 6.07) is 0. The van der Waals surface area contributed by atoms with Crippen molar-refractivity contribution in [2.45, 2.75) is 24.2 Å². The van der Waals surface area contributed by atoms with Crippen molar-refractivity contribution in [3.63, 3.8) is 0 Å². The zero-order valence-electron chi connectivity index (χ0n) is 8.45. The summed E-state index contributed by atoms with van der Waals surface area (Å²) in [5.41, 5.74) is -0.611. The first-order valence-electron chi connectivity index (χ1n) is 4.67. The van der Waals surface area contributed by atoms with Gasteiger partial charge < -0.3 is 14.6 Å². The Bertz CT molecular complexity index is 250. The molecular weight excluding hydrogens is 186 g/mol. The van der Waals surface area contributed by atoms with E-state index in [0.29, 0.717) is 13.1 Å². The van der Waals surface area contributed by atoms with Crippen molar-refractivity contribution in [2.24, 2.45) is 0 Å². The van der Waals surface area contributed by atoms with Gasteiger partial charge in [-0.25, -0.2) is 0 Å². The van der Waals surface area contributed by atoms with Crippen LogP contribution in [0.25, 0.3) is 0 Å². The molecule has 1 saturated carbocycles. The van der Waals surface area contributed by atoms with Gasteiger partial charge in [-0.3, -0.25) is 9.69 Å². The highest BCUT2D eigenvalue weighted by Gasteiger charge is 2.62. The molecule has 0 unspecified atom stereocenters. The Morgan fingerprint density at radius 1 is 1.29 bits per heavy atom. The van der Waals surface area contributed by atoms with E-state index in [-0.39, 0.29) is 0 Å². The Morgan fingerprint density at radius 2 is 1.79 bits per heavy atom. The number of hydrogen-bond donors (Lipinski definition) is 1. The van der Waals surface area contributed by atoms with Crippen LogP contribution in [0, 0.1) is 0 Å². The number of hydrogen-bond acceptors (Lipinski definition) is 4. The molecule has 0 atom stereocenters. The Morgan fingerprint density at radius 3 is 2.07 bits per heavy atom. The summed E-state index contributed by atoms with van der Waals surface area (Å²) in [6.07, 6.45) is 1.48. The molecule has 0 aromatic heterocycles. The standard InChI is InChI=1S/C9H15NO4/c1-13-9(14-2)5-10(6-9)8(3-4-8)7(11)12/h3-6H2,1-2H3,(H,11,12). The third-order valence-corrected chi connectivity index (χ3v) is 3.33. The van der Waals surface area contributed by atoms with Crippen molar-refractivity contribution >= 4 is 5.97 Å². The van der Waals surface area contributed by atoms with E-state index in [4.69, 9.17) is 14.6 Å². The minimum absolute atomic E-state index is 0.548. The second-order valence-electron chi connectivity index (χ2n) is 4.01. The van der Waals surface area contributed by atoms with Gasteiger partial charge in [-0.2, -0.15) is 0 Å². The lowest BCUT2D eigenvalue weighted by molar-refractivity contribution is -0.284. The van der Waals surface area contributed by atoms with Crippen molar-refractivity contribution in [2.75, 3.05) is 27.3 Å². The van der Waals surface area contributed by atoms with Crippen molar-refractivity contribution in [1.82, 2.24) is 4.90 Å². The van der Waals surface area contributed by atoms with Crippen molar-refractivity contribution in [3.8, 4) is 0 Å². The average molecular weight is 201 g/mol. The number of carboxylic acids is 1. The van der Waals surface area contributed by atoms with Crippen LogP contribution in [0.3, 0.4) is 0 Å². The van der Waals surface area contributed by atoms with Gasteiger partial charge in [0.05, 0.1) is 13.1 Å². The third-order valence-electron chi connectivity index (χ3n) is 3.33. The Balaban J connectivity index is 1.97. The third kappa shape index (κ3) is 1.16. The van der Waals surface area contributed by atoms with Gasteiger partial charge in [-0.05, 0) is 12.8 Å². The first kappa shape index (κ1) is 9.89. The molecule has 0 aromatic rings. The van der Waals surface area contributed by atoms with E-state index in [2.05, 4.69) is 0 Å². The minimum Gasteiger partial charge on any atom is -0.480 e. The van der Waals surface area contributed by atoms with Crippen molar-refractivity contribution in [1.29, 1.82) is 0 Å². The molecule has 0 amide bonds. The van der Waals surface area contributed by atoms with E-state index in [1.165, 1.54) is 0 Å². The summed E-state index contributed by atoms with van der Waals surface area (Å²) >= 11 is 0. The number of ether oxygens (including phenoxy) is 2. The molecule has 14 heavy (non-hydrogen) atoms. The monoisotopic (exact) mass is 201 g/mol. The van der Waals surface area contributed by atoms with Crippen LogP contribution in [-0.4, -0.2) is 54.6 Å². The van der Waals surface area contributed by atoms with Crippen molar-refractivity contribution < 1.29 is 19.4 Å². The second kappa shape index (κ2) is 2.92. The summed E-state index contributed by atoms with van der Waals surface area (Å²) in [7, 11) is 3.17. The van der Waals surface area contributed by atoms with Gasteiger partial charge in [0.1, 0.15) is 5.54 Å². The zero-order chi connectivity index (χ0) is 10.4. The maximum atomic E-state index is 11.0. The molecule has 2 rings (SSSR count). The fourth-order valence-electron chi connectivity index (χ4n) is 1.96. The largest absolute Gasteiger partial charge is 0.480 e. The van der Waals surface area contributed by atoms with Gasteiger partial charge in [0.15, 0.2) is 5.79 Å². The first-order chi connectivity index (χ1) is 6.58. The van der Waals surface area contributed by atoms with Crippen LogP contribution in [0.2, 0.25) is 0 Å². The molecule has 1 aliphatic carbocycles. The summed E-state index contributed by atoms with van der Waals surface area (Å²) in [6.45, 7) is 1.10. The van der Waals surface area contributed by atoms with E-state index in [9.17, 15) is 4.79 Å². The van der Waals surface area contributed by atoms with E-state index >= 15 is 0 Å². The van der Waals surface area contributed by atoms with Gasteiger partial charge in [-0.1, -0.05) is 0 Å². The molecule has 5 heteroatoms. The molecule has 0 radical (unpaired) electrons. The topological polar surface area (TPSA) is 59.0 Å². The number of aliphatic carboxylic acids is 1. The number of methoxy groups -OCH3 is 2. The SMILES string of the molecule is COC1(OC)CN(C2(C(=O)O)CC2)C1. The molecule has 1 aliphatic heterocycles. The highest BCUT2D eigenvalue weighted by Crippen LogP contribution is 2.47. The molecule has 1 N–H and O–H groups in total. The smallest absolute Gasteiger partial charge is 0.324 e. The maximum absolute atomic E-state index is 11.0. The quantitative estimate of drug-likeness (QED) is 0.644. The van der Waals surface area contributed by atoms with E-state index in [1.54, 1.807) is 14.2 Å².